The number of methoxy groups -OCH3 is 1. The van der Waals surface area contributed by atoms with Crippen LogP contribution in [0.15, 0.2) is 36.5 Å². The number of alkyl halides is 3. The number of nitrogens with zero attached hydrogens (tertiary/aromatic N) is 3. The fraction of sp³-hybridized carbons (Fsp3) is 0.200. The molecular formula is C15H12F3N3O. The summed E-state index contributed by atoms with van der Waals surface area (Å²) in [5, 5.41) is 3.86. The molecule has 0 N–H and O–H groups in total. The molecule has 0 spiro atoms. The maximum Gasteiger partial charge on any atom is 0.433 e. The molecule has 0 radical (unpaired) electrons. The Labute approximate surface area is 124 Å². The first-order chi connectivity index (χ1) is 10.4. The van der Waals surface area contributed by atoms with Gasteiger partial charge in [0.15, 0.2) is 5.65 Å². The molecule has 3 rings (SSSR count). The standard InChI is InChI=1S/C15H12F3N3O/c1-9-7-13(15(16,17)18)21-14(20-9)11(8-19-21)10-5-3-4-6-12(10)22-2/h3-8H,1-2H3. The summed E-state index contributed by atoms with van der Waals surface area (Å²) in [5.74, 6) is 0.550. The first-order valence-electron chi connectivity index (χ1n) is 6.48. The molecule has 0 bridgehead atoms. The summed E-state index contributed by atoms with van der Waals surface area (Å²) in [6.45, 7) is 1.52. The maximum absolute atomic E-state index is 13.1. The minimum absolute atomic E-state index is 0.150. The number of para-hydroxylation sites is 1. The predicted molar refractivity (Wildman–Crippen MR) is 74.7 cm³/mol. The van der Waals surface area contributed by atoms with Gasteiger partial charge in [-0.15, -0.1) is 0 Å². The summed E-state index contributed by atoms with van der Waals surface area (Å²) < 4.78 is 45.5. The first kappa shape index (κ1) is 14.4. The fourth-order valence-electron chi connectivity index (χ4n) is 2.34. The zero-order chi connectivity index (χ0) is 15.9. The molecule has 22 heavy (non-hydrogen) atoms. The van der Waals surface area contributed by atoms with Crippen LogP contribution in [0.1, 0.15) is 11.4 Å². The summed E-state index contributed by atoms with van der Waals surface area (Å²) in [7, 11) is 1.50. The average Bonchev–Trinajstić information content (AvgIpc) is 2.88. The van der Waals surface area contributed by atoms with Gasteiger partial charge in [0, 0.05) is 11.3 Å². The van der Waals surface area contributed by atoms with Gasteiger partial charge in [0.2, 0.25) is 0 Å². The highest BCUT2D eigenvalue weighted by Gasteiger charge is 2.35. The van der Waals surface area contributed by atoms with E-state index in [4.69, 9.17) is 4.74 Å². The van der Waals surface area contributed by atoms with Crippen LogP contribution >= 0.6 is 0 Å². The monoisotopic (exact) mass is 307 g/mol. The molecule has 2 aromatic heterocycles. The maximum atomic E-state index is 13.1. The third-order valence-corrected chi connectivity index (χ3v) is 3.29. The van der Waals surface area contributed by atoms with Crippen molar-refractivity contribution in [2.75, 3.05) is 7.11 Å². The van der Waals surface area contributed by atoms with E-state index < -0.39 is 11.9 Å². The van der Waals surface area contributed by atoms with Crippen molar-refractivity contribution in [3.05, 3.63) is 47.9 Å². The highest BCUT2D eigenvalue weighted by Crippen LogP contribution is 2.35. The molecule has 0 atom stereocenters. The van der Waals surface area contributed by atoms with Crippen LogP contribution in [-0.2, 0) is 6.18 Å². The Bertz CT molecular complexity index is 840. The number of hydrogen-bond acceptors (Lipinski definition) is 3. The van der Waals surface area contributed by atoms with Crippen molar-refractivity contribution in [3.63, 3.8) is 0 Å². The summed E-state index contributed by atoms with van der Waals surface area (Å²) in [5.41, 5.74) is 0.710. The number of halogens is 3. The molecule has 2 heterocycles. The summed E-state index contributed by atoms with van der Waals surface area (Å²) >= 11 is 0. The second-order valence-electron chi connectivity index (χ2n) is 4.77. The van der Waals surface area contributed by atoms with Gasteiger partial charge in [-0.05, 0) is 19.1 Å². The van der Waals surface area contributed by atoms with Gasteiger partial charge in [0.05, 0.1) is 18.9 Å². The van der Waals surface area contributed by atoms with Gasteiger partial charge in [0.25, 0.3) is 0 Å². The lowest BCUT2D eigenvalue weighted by Crippen LogP contribution is -2.13. The minimum Gasteiger partial charge on any atom is -0.496 e. The van der Waals surface area contributed by atoms with Gasteiger partial charge < -0.3 is 4.74 Å². The van der Waals surface area contributed by atoms with E-state index in [2.05, 4.69) is 10.1 Å². The van der Waals surface area contributed by atoms with Crippen LogP contribution < -0.4 is 4.74 Å². The molecule has 0 saturated carbocycles. The van der Waals surface area contributed by atoms with Crippen LogP contribution in [0.4, 0.5) is 13.2 Å². The molecule has 0 aliphatic heterocycles. The fourth-order valence-corrected chi connectivity index (χ4v) is 2.34. The number of aryl methyl sites for hydroxylation is 1. The number of ether oxygens (including phenoxy) is 1. The molecule has 4 nitrogen and oxygen atoms in total. The van der Waals surface area contributed by atoms with Crippen LogP contribution in [-0.4, -0.2) is 21.7 Å². The average molecular weight is 307 g/mol. The molecule has 0 fully saturated rings. The van der Waals surface area contributed by atoms with Crippen molar-refractivity contribution < 1.29 is 17.9 Å². The van der Waals surface area contributed by atoms with Gasteiger partial charge in [-0.1, -0.05) is 18.2 Å². The van der Waals surface area contributed by atoms with E-state index in [1.54, 1.807) is 24.3 Å². The van der Waals surface area contributed by atoms with E-state index in [-0.39, 0.29) is 11.3 Å². The second-order valence-corrected chi connectivity index (χ2v) is 4.77. The normalized spacial score (nSPS) is 11.9. The lowest BCUT2D eigenvalue weighted by atomic mass is 10.1. The van der Waals surface area contributed by atoms with Gasteiger partial charge in [-0.25, -0.2) is 9.50 Å². The molecular weight excluding hydrogens is 295 g/mol. The van der Waals surface area contributed by atoms with Crippen molar-refractivity contribution in [1.82, 2.24) is 14.6 Å². The van der Waals surface area contributed by atoms with Crippen LogP contribution in [0.5, 0.6) is 5.75 Å². The number of hydrogen-bond donors (Lipinski definition) is 0. The third-order valence-electron chi connectivity index (χ3n) is 3.29. The Hall–Kier alpha value is -2.57. The quantitative estimate of drug-likeness (QED) is 0.724. The van der Waals surface area contributed by atoms with E-state index in [1.165, 1.54) is 20.2 Å². The smallest absolute Gasteiger partial charge is 0.433 e. The van der Waals surface area contributed by atoms with E-state index in [9.17, 15) is 13.2 Å². The molecule has 0 saturated heterocycles. The van der Waals surface area contributed by atoms with Gasteiger partial charge in [0.1, 0.15) is 11.4 Å². The Morgan fingerprint density at radius 3 is 2.55 bits per heavy atom. The minimum atomic E-state index is -4.50. The Balaban J connectivity index is 2.32. The third kappa shape index (κ3) is 2.28. The Morgan fingerprint density at radius 1 is 1.14 bits per heavy atom. The molecule has 0 amide bonds. The van der Waals surface area contributed by atoms with Crippen LogP contribution in [0.2, 0.25) is 0 Å². The number of aromatic nitrogens is 3. The number of benzene rings is 1. The summed E-state index contributed by atoms with van der Waals surface area (Å²) in [6.07, 6.45) is -3.13. The topological polar surface area (TPSA) is 39.4 Å². The Morgan fingerprint density at radius 2 is 1.86 bits per heavy atom. The van der Waals surface area contributed by atoms with E-state index in [0.717, 1.165) is 10.6 Å². The molecule has 0 aliphatic rings. The zero-order valence-corrected chi connectivity index (χ0v) is 11.8. The van der Waals surface area contributed by atoms with Gasteiger partial charge >= 0.3 is 6.18 Å². The van der Waals surface area contributed by atoms with Crippen LogP contribution in [0.25, 0.3) is 16.8 Å². The van der Waals surface area contributed by atoms with Gasteiger partial charge in [-0.3, -0.25) is 0 Å². The number of rotatable bonds is 2. The highest BCUT2D eigenvalue weighted by molar-refractivity contribution is 5.81. The van der Waals surface area contributed by atoms with E-state index in [1.807, 2.05) is 0 Å². The number of fused-ring (bicyclic) bond motifs is 1. The van der Waals surface area contributed by atoms with Crippen LogP contribution in [0.3, 0.4) is 0 Å². The largest absolute Gasteiger partial charge is 0.496 e. The second kappa shape index (κ2) is 5.01. The summed E-state index contributed by atoms with van der Waals surface area (Å²) in [4.78, 5) is 4.21. The summed E-state index contributed by atoms with van der Waals surface area (Å²) in [6, 6.07) is 8.04. The zero-order valence-electron chi connectivity index (χ0n) is 11.8. The highest BCUT2D eigenvalue weighted by atomic mass is 19.4. The molecule has 1 aromatic carbocycles. The van der Waals surface area contributed by atoms with Crippen molar-refractivity contribution in [1.29, 1.82) is 0 Å². The van der Waals surface area contributed by atoms with E-state index >= 15 is 0 Å². The van der Waals surface area contributed by atoms with Crippen LogP contribution in [0, 0.1) is 6.92 Å². The SMILES string of the molecule is COc1ccccc1-c1cnn2c(C(F)(F)F)cc(C)nc12. The molecule has 7 heteroatoms. The van der Waals surface area contributed by atoms with Crippen molar-refractivity contribution in [2.24, 2.45) is 0 Å². The van der Waals surface area contributed by atoms with E-state index in [0.29, 0.717) is 16.9 Å². The van der Waals surface area contributed by atoms with Crippen molar-refractivity contribution >= 4 is 5.65 Å². The van der Waals surface area contributed by atoms with Crippen molar-refractivity contribution in [2.45, 2.75) is 13.1 Å². The molecule has 0 unspecified atom stereocenters. The lowest BCUT2D eigenvalue weighted by molar-refractivity contribution is -0.142. The molecule has 114 valence electrons. The molecule has 0 aliphatic carbocycles. The molecule has 3 aromatic rings. The van der Waals surface area contributed by atoms with Gasteiger partial charge in [-0.2, -0.15) is 18.3 Å². The van der Waals surface area contributed by atoms with Crippen molar-refractivity contribution in [3.8, 4) is 16.9 Å². The predicted octanol–water partition coefficient (Wildman–Crippen LogP) is 3.73. The Kier molecular flexibility index (Phi) is 3.27. The first-order valence-corrected chi connectivity index (χ1v) is 6.48. The lowest BCUT2D eigenvalue weighted by Gasteiger charge is -2.10.